The Morgan fingerprint density at radius 3 is 2.25 bits per heavy atom. The second-order valence-electron chi connectivity index (χ2n) is 10.8. The van der Waals surface area contributed by atoms with E-state index in [1.165, 1.54) is 38.5 Å². The summed E-state index contributed by atoms with van der Waals surface area (Å²) in [5.74, 6) is 2.61. The molecule has 6 nitrogen and oxygen atoms in total. The number of piperazine rings is 1. The molecule has 2 amide bonds. The molecule has 6 rings (SSSR count). The molecule has 5 aliphatic rings. The fraction of sp³-hybridized carbons (Fsp3) is 0.654. The number of amides is 2. The number of carbonyl (C=O) groups excluding carboxylic acids is 2. The van der Waals surface area contributed by atoms with Crippen molar-refractivity contribution in [2.45, 2.75) is 51.5 Å². The highest BCUT2D eigenvalue weighted by molar-refractivity contribution is 5.85. The van der Waals surface area contributed by atoms with Gasteiger partial charge in [0.1, 0.15) is 0 Å². The highest BCUT2D eigenvalue weighted by Crippen LogP contribution is 2.61. The zero-order valence-corrected chi connectivity index (χ0v) is 18.9. The normalized spacial score (nSPS) is 31.3. The summed E-state index contributed by atoms with van der Waals surface area (Å²) in [6.45, 7) is 11.1. The Balaban J connectivity index is 1.06. The summed E-state index contributed by atoms with van der Waals surface area (Å²) in [6.07, 6.45) is 8.42. The molecule has 32 heavy (non-hydrogen) atoms. The number of para-hydroxylation sites is 1. The van der Waals surface area contributed by atoms with Gasteiger partial charge >= 0.3 is 0 Å². The van der Waals surface area contributed by atoms with Crippen molar-refractivity contribution < 1.29 is 9.59 Å². The lowest BCUT2D eigenvalue weighted by atomic mass is 9.49. The fourth-order valence-electron chi connectivity index (χ4n) is 7.35. The maximum absolute atomic E-state index is 12.7. The molecule has 4 bridgehead atoms. The molecule has 5 fully saturated rings. The summed E-state index contributed by atoms with van der Waals surface area (Å²) >= 11 is 0. The van der Waals surface area contributed by atoms with Crippen molar-refractivity contribution in [1.82, 2.24) is 15.1 Å². The molecule has 0 unspecified atom stereocenters. The first-order chi connectivity index (χ1) is 15.5. The molecule has 6 heteroatoms. The Morgan fingerprint density at radius 1 is 1.00 bits per heavy atom. The second-order valence-corrected chi connectivity index (χ2v) is 10.8. The van der Waals surface area contributed by atoms with Crippen molar-refractivity contribution in [3.05, 3.63) is 41.2 Å². The van der Waals surface area contributed by atoms with Gasteiger partial charge in [-0.05, 0) is 67.3 Å². The number of nitrogens with zero attached hydrogens (tertiary/aromatic N) is 3. The number of rotatable bonds is 6. The van der Waals surface area contributed by atoms with Crippen molar-refractivity contribution in [2.75, 3.05) is 32.7 Å². The summed E-state index contributed by atoms with van der Waals surface area (Å²) in [6, 6.07) is 7.72. The van der Waals surface area contributed by atoms with Crippen LogP contribution >= 0.6 is 0 Å². The van der Waals surface area contributed by atoms with E-state index in [-0.39, 0.29) is 23.8 Å². The van der Waals surface area contributed by atoms with Crippen LogP contribution in [-0.2, 0) is 16.1 Å². The predicted octanol–water partition coefficient (Wildman–Crippen LogP) is 3.60. The van der Waals surface area contributed by atoms with Crippen molar-refractivity contribution in [3.63, 3.8) is 0 Å². The summed E-state index contributed by atoms with van der Waals surface area (Å²) in [5.41, 5.74) is 1.96. The van der Waals surface area contributed by atoms with Crippen LogP contribution in [0.15, 0.2) is 24.3 Å². The third kappa shape index (κ3) is 4.54. The highest BCUT2D eigenvalue weighted by Gasteiger charge is 2.51. The van der Waals surface area contributed by atoms with Crippen molar-refractivity contribution in [2.24, 2.45) is 23.2 Å². The first-order valence-corrected chi connectivity index (χ1v) is 12.2. The minimum absolute atomic E-state index is 0.0186. The van der Waals surface area contributed by atoms with Gasteiger partial charge < -0.3 is 10.2 Å². The lowest BCUT2D eigenvalue weighted by molar-refractivity contribution is -0.136. The molecule has 1 aromatic carbocycles. The van der Waals surface area contributed by atoms with Crippen LogP contribution in [0.2, 0.25) is 0 Å². The summed E-state index contributed by atoms with van der Waals surface area (Å²) in [5, 5.41) is 2.94. The van der Waals surface area contributed by atoms with Crippen LogP contribution in [0.3, 0.4) is 0 Å². The Labute approximate surface area is 191 Å². The number of carbonyl (C=O) groups is 2. The van der Waals surface area contributed by atoms with E-state index in [9.17, 15) is 9.59 Å². The minimum atomic E-state index is 0.0186. The zero-order valence-electron chi connectivity index (χ0n) is 18.9. The molecule has 4 saturated carbocycles. The second kappa shape index (κ2) is 8.86. The van der Waals surface area contributed by atoms with Crippen molar-refractivity contribution >= 4 is 17.5 Å². The number of hydrogen-bond donors (Lipinski definition) is 1. The van der Waals surface area contributed by atoms with E-state index in [1.54, 1.807) is 0 Å². The van der Waals surface area contributed by atoms with Crippen LogP contribution in [0.4, 0.5) is 5.69 Å². The molecule has 0 atom stereocenters. The van der Waals surface area contributed by atoms with Gasteiger partial charge in [-0.1, -0.05) is 24.3 Å². The molecule has 0 radical (unpaired) electrons. The molecular weight excluding hydrogens is 400 g/mol. The molecule has 0 aromatic heterocycles. The van der Waals surface area contributed by atoms with E-state index < -0.39 is 0 Å². The molecule has 1 aliphatic heterocycles. The van der Waals surface area contributed by atoms with E-state index in [4.69, 9.17) is 6.57 Å². The first kappa shape index (κ1) is 21.5. The van der Waals surface area contributed by atoms with E-state index >= 15 is 0 Å². The molecule has 1 heterocycles. The molecule has 4 aliphatic carbocycles. The van der Waals surface area contributed by atoms with Gasteiger partial charge in [0.05, 0.1) is 13.1 Å². The van der Waals surface area contributed by atoms with Gasteiger partial charge in [0.2, 0.25) is 11.8 Å². The SMILES string of the molecule is [C-]#[N+]c1ccccc1CN1CCN(C(=O)CNC(=O)CC23CC4CC(CC(C4)C2)C3)CC1. The largest absolute Gasteiger partial charge is 0.347 e. The monoisotopic (exact) mass is 434 g/mol. The van der Waals surface area contributed by atoms with Gasteiger partial charge in [0.25, 0.3) is 0 Å². The standard InChI is InChI=1S/C26H34N4O2/c1-27-23-5-3-2-4-22(23)18-29-6-8-30(9-7-29)25(32)17-28-24(31)16-26-13-19-10-20(14-26)12-21(11-19)15-26/h2-5,19-21H,6-18H2,(H,28,31). The van der Waals surface area contributed by atoms with Gasteiger partial charge in [0, 0.05) is 39.1 Å². The smallest absolute Gasteiger partial charge is 0.242 e. The lowest BCUT2D eigenvalue weighted by Crippen LogP contribution is -2.51. The Bertz CT molecular complexity index is 877. The van der Waals surface area contributed by atoms with Crippen LogP contribution in [0, 0.1) is 29.7 Å². The first-order valence-electron chi connectivity index (χ1n) is 12.2. The van der Waals surface area contributed by atoms with Gasteiger partial charge in [-0.15, -0.1) is 0 Å². The fourth-order valence-corrected chi connectivity index (χ4v) is 7.35. The minimum Gasteiger partial charge on any atom is -0.347 e. The quantitative estimate of drug-likeness (QED) is 0.696. The highest BCUT2D eigenvalue weighted by atomic mass is 16.2. The van der Waals surface area contributed by atoms with Gasteiger partial charge in [0.15, 0.2) is 5.69 Å². The van der Waals surface area contributed by atoms with Crippen molar-refractivity contribution in [3.8, 4) is 0 Å². The summed E-state index contributed by atoms with van der Waals surface area (Å²) < 4.78 is 0. The van der Waals surface area contributed by atoms with Crippen LogP contribution in [0.25, 0.3) is 4.85 Å². The third-order valence-electron chi connectivity index (χ3n) is 8.37. The molecule has 1 aromatic rings. The number of hydrogen-bond acceptors (Lipinski definition) is 3. The van der Waals surface area contributed by atoms with Gasteiger partial charge in [-0.2, -0.15) is 0 Å². The summed E-state index contributed by atoms with van der Waals surface area (Å²) in [4.78, 5) is 33.2. The van der Waals surface area contributed by atoms with E-state index in [0.29, 0.717) is 25.2 Å². The van der Waals surface area contributed by atoms with E-state index in [1.807, 2.05) is 29.2 Å². The van der Waals surface area contributed by atoms with E-state index in [0.717, 1.165) is 43.0 Å². The van der Waals surface area contributed by atoms with E-state index in [2.05, 4.69) is 15.1 Å². The van der Waals surface area contributed by atoms with Crippen LogP contribution < -0.4 is 5.32 Å². The Hall–Kier alpha value is -2.39. The van der Waals surface area contributed by atoms with Gasteiger partial charge in [-0.25, -0.2) is 4.85 Å². The van der Waals surface area contributed by atoms with Crippen LogP contribution in [0.5, 0.6) is 0 Å². The lowest BCUT2D eigenvalue weighted by Gasteiger charge is -2.56. The molecule has 1 N–H and O–H groups in total. The van der Waals surface area contributed by atoms with Gasteiger partial charge in [-0.3, -0.25) is 14.5 Å². The van der Waals surface area contributed by atoms with Crippen LogP contribution in [-0.4, -0.2) is 54.3 Å². The third-order valence-corrected chi connectivity index (χ3v) is 8.37. The maximum atomic E-state index is 12.7. The number of nitrogens with one attached hydrogen (secondary N) is 1. The summed E-state index contributed by atoms with van der Waals surface area (Å²) in [7, 11) is 0. The molecule has 170 valence electrons. The van der Waals surface area contributed by atoms with Crippen LogP contribution in [0.1, 0.15) is 50.5 Å². The number of benzene rings is 1. The average Bonchev–Trinajstić information content (AvgIpc) is 2.77. The topological polar surface area (TPSA) is 57.0 Å². The zero-order chi connectivity index (χ0) is 22.1. The van der Waals surface area contributed by atoms with Crippen molar-refractivity contribution in [1.29, 1.82) is 0 Å². The Morgan fingerprint density at radius 2 is 1.62 bits per heavy atom. The average molecular weight is 435 g/mol. The molecule has 0 spiro atoms. The predicted molar refractivity (Wildman–Crippen MR) is 123 cm³/mol. The molecule has 1 saturated heterocycles. The Kier molecular flexibility index (Phi) is 5.94. The maximum Gasteiger partial charge on any atom is 0.242 e. The molecular formula is C26H34N4O2.